The molecule has 0 bridgehead atoms. The van der Waals surface area contributed by atoms with Crippen molar-refractivity contribution in [2.75, 3.05) is 26.3 Å². The van der Waals surface area contributed by atoms with E-state index in [1.807, 2.05) is 0 Å². The zero-order chi connectivity index (χ0) is 11.7. The quantitative estimate of drug-likeness (QED) is 0.726. The topological polar surface area (TPSA) is 15.7 Å². The maximum absolute atomic E-state index is 5.32. The fraction of sp³-hybridized carbons (Fsp3) is 1.00. The van der Waals surface area contributed by atoms with Crippen molar-refractivity contribution in [3.05, 3.63) is 0 Å². The SMILES string of the molecule is CCC(C)N1C[C@@H](C)N(C2COC2)[C@@H](C)C1. The van der Waals surface area contributed by atoms with Gasteiger partial charge in [0.15, 0.2) is 0 Å². The summed E-state index contributed by atoms with van der Waals surface area (Å²) in [6, 6.07) is 2.76. The van der Waals surface area contributed by atoms with E-state index in [4.69, 9.17) is 4.74 Å². The molecule has 0 aliphatic carbocycles. The Bertz CT molecular complexity index is 218. The van der Waals surface area contributed by atoms with Gasteiger partial charge in [0.2, 0.25) is 0 Å². The Morgan fingerprint density at radius 1 is 1.19 bits per heavy atom. The highest BCUT2D eigenvalue weighted by Gasteiger charge is 2.38. The van der Waals surface area contributed by atoms with Gasteiger partial charge >= 0.3 is 0 Å². The summed E-state index contributed by atoms with van der Waals surface area (Å²) in [4.78, 5) is 5.31. The number of hydrogen-bond donors (Lipinski definition) is 0. The molecule has 94 valence electrons. The molecule has 2 aliphatic rings. The van der Waals surface area contributed by atoms with E-state index in [1.165, 1.54) is 19.5 Å². The van der Waals surface area contributed by atoms with Crippen LogP contribution in [0.25, 0.3) is 0 Å². The fourth-order valence-electron chi connectivity index (χ4n) is 3.11. The van der Waals surface area contributed by atoms with Crippen molar-refractivity contribution in [2.24, 2.45) is 0 Å². The second-order valence-corrected chi connectivity index (χ2v) is 5.55. The molecule has 0 aromatic heterocycles. The van der Waals surface area contributed by atoms with Crippen molar-refractivity contribution in [2.45, 2.75) is 58.3 Å². The van der Waals surface area contributed by atoms with E-state index in [0.29, 0.717) is 18.1 Å². The molecular weight excluding hydrogens is 200 g/mol. The highest BCUT2D eigenvalue weighted by Crippen LogP contribution is 2.24. The standard InChI is InChI=1S/C13H26N2O/c1-5-10(2)14-6-11(3)15(12(4)7-14)13-8-16-9-13/h10-13H,5-9H2,1-4H3/t10?,11-,12+. The minimum Gasteiger partial charge on any atom is -0.378 e. The number of rotatable bonds is 3. The Morgan fingerprint density at radius 2 is 1.75 bits per heavy atom. The van der Waals surface area contributed by atoms with Gasteiger partial charge in [-0.1, -0.05) is 6.92 Å². The lowest BCUT2D eigenvalue weighted by atomic mass is 10.0. The third-order valence-corrected chi connectivity index (χ3v) is 4.27. The first-order chi connectivity index (χ1) is 7.63. The van der Waals surface area contributed by atoms with Crippen molar-refractivity contribution >= 4 is 0 Å². The van der Waals surface area contributed by atoms with E-state index in [0.717, 1.165) is 19.3 Å². The number of piperazine rings is 1. The largest absolute Gasteiger partial charge is 0.378 e. The first kappa shape index (κ1) is 12.3. The van der Waals surface area contributed by atoms with Gasteiger partial charge in [0.05, 0.1) is 19.3 Å². The first-order valence-corrected chi connectivity index (χ1v) is 6.72. The second kappa shape index (κ2) is 5.03. The number of ether oxygens (including phenoxy) is 1. The van der Waals surface area contributed by atoms with Crippen LogP contribution in [0, 0.1) is 0 Å². The number of nitrogens with zero attached hydrogens (tertiary/aromatic N) is 2. The van der Waals surface area contributed by atoms with Gasteiger partial charge in [-0.25, -0.2) is 0 Å². The zero-order valence-electron chi connectivity index (χ0n) is 11.1. The summed E-state index contributed by atoms with van der Waals surface area (Å²) in [7, 11) is 0. The Hall–Kier alpha value is -0.120. The van der Waals surface area contributed by atoms with Crippen LogP contribution in [-0.4, -0.2) is 60.3 Å². The molecule has 0 spiro atoms. The summed E-state index contributed by atoms with van der Waals surface area (Å²) in [5, 5.41) is 0. The number of hydrogen-bond acceptors (Lipinski definition) is 3. The van der Waals surface area contributed by atoms with Gasteiger partial charge in [0.25, 0.3) is 0 Å². The predicted molar refractivity (Wildman–Crippen MR) is 66.7 cm³/mol. The highest BCUT2D eigenvalue weighted by atomic mass is 16.5. The van der Waals surface area contributed by atoms with Crippen LogP contribution in [0.15, 0.2) is 0 Å². The smallest absolute Gasteiger partial charge is 0.0645 e. The lowest BCUT2D eigenvalue weighted by Crippen LogP contribution is -2.65. The van der Waals surface area contributed by atoms with Gasteiger partial charge in [-0.05, 0) is 27.2 Å². The molecule has 2 rings (SSSR count). The van der Waals surface area contributed by atoms with Crippen LogP contribution in [0.5, 0.6) is 0 Å². The molecule has 2 heterocycles. The van der Waals surface area contributed by atoms with Gasteiger partial charge in [0, 0.05) is 31.2 Å². The molecular formula is C13H26N2O. The Morgan fingerprint density at radius 3 is 2.12 bits per heavy atom. The summed E-state index contributed by atoms with van der Waals surface area (Å²) in [6.45, 7) is 13.7. The van der Waals surface area contributed by atoms with Gasteiger partial charge in [-0.15, -0.1) is 0 Å². The molecule has 2 saturated heterocycles. The average Bonchev–Trinajstić information content (AvgIpc) is 2.19. The predicted octanol–water partition coefficient (Wildman–Crippen LogP) is 1.58. The molecule has 2 fully saturated rings. The van der Waals surface area contributed by atoms with Crippen LogP contribution < -0.4 is 0 Å². The molecule has 2 aliphatic heterocycles. The van der Waals surface area contributed by atoms with Crippen molar-refractivity contribution in [3.8, 4) is 0 Å². The maximum atomic E-state index is 5.32. The van der Waals surface area contributed by atoms with Gasteiger partial charge in [-0.2, -0.15) is 0 Å². The molecule has 0 aromatic rings. The minimum atomic E-state index is 0.673. The molecule has 3 atom stereocenters. The third kappa shape index (κ3) is 2.27. The Kier molecular flexibility index (Phi) is 3.88. The summed E-state index contributed by atoms with van der Waals surface area (Å²) in [5.74, 6) is 0. The molecule has 3 heteroatoms. The fourth-order valence-corrected chi connectivity index (χ4v) is 3.11. The van der Waals surface area contributed by atoms with Crippen molar-refractivity contribution in [3.63, 3.8) is 0 Å². The lowest BCUT2D eigenvalue weighted by Gasteiger charge is -2.51. The minimum absolute atomic E-state index is 0.673. The van der Waals surface area contributed by atoms with Crippen LogP contribution in [0.3, 0.4) is 0 Å². The van der Waals surface area contributed by atoms with Crippen LogP contribution >= 0.6 is 0 Å². The van der Waals surface area contributed by atoms with Crippen molar-refractivity contribution in [1.29, 1.82) is 0 Å². The van der Waals surface area contributed by atoms with Crippen LogP contribution in [0.4, 0.5) is 0 Å². The monoisotopic (exact) mass is 226 g/mol. The Labute approximate surface area is 99.7 Å². The van der Waals surface area contributed by atoms with E-state index >= 15 is 0 Å². The summed E-state index contributed by atoms with van der Waals surface area (Å²) >= 11 is 0. The normalized spacial score (nSPS) is 36.0. The average molecular weight is 226 g/mol. The molecule has 16 heavy (non-hydrogen) atoms. The van der Waals surface area contributed by atoms with Gasteiger partial charge in [0.1, 0.15) is 0 Å². The van der Waals surface area contributed by atoms with Crippen molar-refractivity contribution < 1.29 is 4.74 Å². The Balaban J connectivity index is 1.95. The second-order valence-electron chi connectivity index (χ2n) is 5.55. The molecule has 3 nitrogen and oxygen atoms in total. The van der Waals surface area contributed by atoms with Crippen molar-refractivity contribution in [1.82, 2.24) is 9.80 Å². The van der Waals surface area contributed by atoms with Crippen LogP contribution in [0.1, 0.15) is 34.1 Å². The van der Waals surface area contributed by atoms with E-state index in [2.05, 4.69) is 37.5 Å². The molecule has 0 N–H and O–H groups in total. The van der Waals surface area contributed by atoms with E-state index in [-0.39, 0.29) is 0 Å². The summed E-state index contributed by atoms with van der Waals surface area (Å²) in [5.41, 5.74) is 0. The molecule has 0 aromatic carbocycles. The van der Waals surface area contributed by atoms with Gasteiger partial charge < -0.3 is 4.74 Å². The van der Waals surface area contributed by atoms with E-state index in [1.54, 1.807) is 0 Å². The van der Waals surface area contributed by atoms with Gasteiger partial charge in [-0.3, -0.25) is 9.80 Å². The third-order valence-electron chi connectivity index (χ3n) is 4.27. The first-order valence-electron chi connectivity index (χ1n) is 6.72. The maximum Gasteiger partial charge on any atom is 0.0645 e. The molecule has 0 saturated carbocycles. The van der Waals surface area contributed by atoms with Crippen LogP contribution in [0.2, 0.25) is 0 Å². The van der Waals surface area contributed by atoms with Crippen LogP contribution in [-0.2, 0) is 4.74 Å². The zero-order valence-corrected chi connectivity index (χ0v) is 11.1. The summed E-state index contributed by atoms with van der Waals surface area (Å²) < 4.78 is 5.32. The molecule has 0 amide bonds. The summed E-state index contributed by atoms with van der Waals surface area (Å²) in [6.07, 6.45) is 1.26. The van der Waals surface area contributed by atoms with E-state index < -0.39 is 0 Å². The van der Waals surface area contributed by atoms with E-state index in [9.17, 15) is 0 Å². The highest BCUT2D eigenvalue weighted by molar-refractivity contribution is 4.92. The molecule has 0 radical (unpaired) electrons. The molecule has 1 unspecified atom stereocenters. The lowest BCUT2D eigenvalue weighted by molar-refractivity contribution is -0.115.